The van der Waals surface area contributed by atoms with E-state index in [0.29, 0.717) is 5.56 Å². The number of ether oxygens (including phenoxy) is 1. The second kappa shape index (κ2) is 6.35. The summed E-state index contributed by atoms with van der Waals surface area (Å²) >= 11 is 0. The number of nitrogens with zero attached hydrogens (tertiary/aromatic N) is 1. The third kappa shape index (κ3) is 3.67. The van der Waals surface area contributed by atoms with Crippen molar-refractivity contribution in [3.63, 3.8) is 0 Å². The summed E-state index contributed by atoms with van der Waals surface area (Å²) in [4.78, 5) is 11.3. The summed E-state index contributed by atoms with van der Waals surface area (Å²) in [5.41, 5.74) is 5.23. The number of hydrogen-bond acceptors (Lipinski definition) is 4. The van der Waals surface area contributed by atoms with Gasteiger partial charge >= 0.3 is 5.97 Å². The Bertz CT molecular complexity index is 562. The number of carbonyl (C=O) groups is 1. The summed E-state index contributed by atoms with van der Waals surface area (Å²) in [6.45, 7) is 0. The Labute approximate surface area is 111 Å². The molecule has 0 fully saturated rings. The lowest BCUT2D eigenvalue weighted by molar-refractivity contribution is 0.0601. The second-order valence-corrected chi connectivity index (χ2v) is 3.85. The van der Waals surface area contributed by atoms with Crippen molar-refractivity contribution in [2.75, 3.05) is 12.5 Å². The zero-order chi connectivity index (χ0) is 13.5. The highest BCUT2D eigenvalue weighted by Gasteiger charge is 2.03. The molecule has 0 atom stereocenters. The van der Waals surface area contributed by atoms with Crippen molar-refractivity contribution in [2.45, 2.75) is 0 Å². The Morgan fingerprint density at radius 3 is 2.42 bits per heavy atom. The summed E-state index contributed by atoms with van der Waals surface area (Å²) in [6.07, 6.45) is 1.73. The first-order valence-corrected chi connectivity index (χ1v) is 5.82. The molecular weight excluding hydrogens is 240 g/mol. The maximum atomic E-state index is 11.3. The van der Waals surface area contributed by atoms with Crippen molar-refractivity contribution >= 4 is 17.9 Å². The zero-order valence-electron chi connectivity index (χ0n) is 10.5. The molecule has 0 amide bonds. The molecule has 0 spiro atoms. The highest BCUT2D eigenvalue weighted by atomic mass is 16.5. The van der Waals surface area contributed by atoms with Crippen molar-refractivity contribution in [1.82, 2.24) is 0 Å². The molecule has 0 aliphatic rings. The van der Waals surface area contributed by atoms with Gasteiger partial charge < -0.3 is 4.74 Å². The Balaban J connectivity index is 1.97. The van der Waals surface area contributed by atoms with Gasteiger partial charge in [-0.05, 0) is 29.8 Å². The van der Waals surface area contributed by atoms with Gasteiger partial charge in [0.1, 0.15) is 0 Å². The van der Waals surface area contributed by atoms with E-state index in [1.54, 1.807) is 30.5 Å². The van der Waals surface area contributed by atoms with Crippen LogP contribution < -0.4 is 5.43 Å². The number of esters is 1. The maximum Gasteiger partial charge on any atom is 0.337 e. The monoisotopic (exact) mass is 254 g/mol. The normalized spacial score (nSPS) is 10.4. The Kier molecular flexibility index (Phi) is 4.29. The molecule has 0 radical (unpaired) electrons. The van der Waals surface area contributed by atoms with E-state index in [0.717, 1.165) is 11.3 Å². The SMILES string of the molecule is COC(=O)c1ccc(NN=Cc2ccccc2)cc1. The highest BCUT2D eigenvalue weighted by molar-refractivity contribution is 5.89. The Morgan fingerprint density at radius 1 is 1.11 bits per heavy atom. The van der Waals surface area contributed by atoms with Gasteiger partial charge in [0.2, 0.25) is 0 Å². The van der Waals surface area contributed by atoms with E-state index in [9.17, 15) is 4.79 Å². The number of rotatable bonds is 4. The third-order valence-corrected chi connectivity index (χ3v) is 2.51. The Morgan fingerprint density at radius 2 is 1.79 bits per heavy atom. The second-order valence-electron chi connectivity index (χ2n) is 3.85. The topological polar surface area (TPSA) is 50.7 Å². The van der Waals surface area contributed by atoms with Gasteiger partial charge in [-0.1, -0.05) is 30.3 Å². The van der Waals surface area contributed by atoms with Crippen LogP contribution in [0.3, 0.4) is 0 Å². The van der Waals surface area contributed by atoms with Gasteiger partial charge in [0.25, 0.3) is 0 Å². The summed E-state index contributed by atoms with van der Waals surface area (Å²) in [5.74, 6) is -0.348. The number of hydrogen-bond donors (Lipinski definition) is 1. The standard InChI is InChI=1S/C15H14N2O2/c1-19-15(18)13-7-9-14(10-8-13)17-16-11-12-5-3-2-4-6-12/h2-11,17H,1H3. The van der Waals surface area contributed by atoms with Crippen LogP contribution in [0.15, 0.2) is 59.7 Å². The average Bonchev–Trinajstić information content (AvgIpc) is 2.48. The zero-order valence-corrected chi connectivity index (χ0v) is 10.5. The van der Waals surface area contributed by atoms with Crippen LogP contribution in [0.2, 0.25) is 0 Å². The molecule has 4 heteroatoms. The van der Waals surface area contributed by atoms with Gasteiger partial charge in [-0.25, -0.2) is 4.79 Å². The molecule has 2 aromatic rings. The minimum Gasteiger partial charge on any atom is -0.465 e. The summed E-state index contributed by atoms with van der Waals surface area (Å²) in [6, 6.07) is 16.7. The quantitative estimate of drug-likeness (QED) is 0.518. The fourth-order valence-electron chi connectivity index (χ4n) is 1.52. The van der Waals surface area contributed by atoms with Crippen molar-refractivity contribution in [3.8, 4) is 0 Å². The molecule has 19 heavy (non-hydrogen) atoms. The smallest absolute Gasteiger partial charge is 0.337 e. The molecule has 2 aromatic carbocycles. The van der Waals surface area contributed by atoms with E-state index in [2.05, 4.69) is 15.3 Å². The predicted molar refractivity (Wildman–Crippen MR) is 75.4 cm³/mol. The van der Waals surface area contributed by atoms with Gasteiger partial charge in [0.05, 0.1) is 24.6 Å². The van der Waals surface area contributed by atoms with Gasteiger partial charge in [-0.2, -0.15) is 5.10 Å². The molecule has 0 saturated heterocycles. The molecule has 0 aliphatic carbocycles. The number of methoxy groups -OCH3 is 1. The van der Waals surface area contributed by atoms with Crippen LogP contribution in [0, 0.1) is 0 Å². The van der Waals surface area contributed by atoms with E-state index in [1.165, 1.54) is 7.11 Å². The Hall–Kier alpha value is -2.62. The first-order chi connectivity index (χ1) is 9.29. The summed E-state index contributed by atoms with van der Waals surface area (Å²) in [7, 11) is 1.36. The van der Waals surface area contributed by atoms with Crippen LogP contribution in [0.4, 0.5) is 5.69 Å². The number of carbonyl (C=O) groups excluding carboxylic acids is 1. The van der Waals surface area contributed by atoms with Crippen LogP contribution >= 0.6 is 0 Å². The molecule has 0 saturated carbocycles. The lowest BCUT2D eigenvalue weighted by atomic mass is 10.2. The third-order valence-electron chi connectivity index (χ3n) is 2.51. The molecule has 0 aliphatic heterocycles. The van der Waals surface area contributed by atoms with Crippen LogP contribution in [-0.4, -0.2) is 19.3 Å². The van der Waals surface area contributed by atoms with E-state index in [1.807, 2.05) is 30.3 Å². The van der Waals surface area contributed by atoms with Crippen molar-refractivity contribution in [3.05, 3.63) is 65.7 Å². The number of nitrogens with one attached hydrogen (secondary N) is 1. The van der Waals surface area contributed by atoms with Crippen molar-refractivity contribution in [2.24, 2.45) is 5.10 Å². The first kappa shape index (κ1) is 12.8. The molecule has 0 heterocycles. The van der Waals surface area contributed by atoms with Crippen LogP contribution in [0.25, 0.3) is 0 Å². The molecule has 2 rings (SSSR count). The summed E-state index contributed by atoms with van der Waals surface area (Å²) in [5, 5.41) is 4.12. The number of anilines is 1. The van der Waals surface area contributed by atoms with Gasteiger partial charge in [-0.15, -0.1) is 0 Å². The lowest BCUT2D eigenvalue weighted by Gasteiger charge is -2.02. The van der Waals surface area contributed by atoms with Gasteiger partial charge in [0, 0.05) is 0 Å². The lowest BCUT2D eigenvalue weighted by Crippen LogP contribution is -2.00. The minimum atomic E-state index is -0.348. The molecule has 0 aromatic heterocycles. The number of hydrazone groups is 1. The number of benzene rings is 2. The predicted octanol–water partition coefficient (Wildman–Crippen LogP) is 2.92. The van der Waals surface area contributed by atoms with Gasteiger partial charge in [0.15, 0.2) is 0 Å². The van der Waals surface area contributed by atoms with Crippen molar-refractivity contribution in [1.29, 1.82) is 0 Å². The largest absolute Gasteiger partial charge is 0.465 e. The minimum absolute atomic E-state index is 0.348. The van der Waals surface area contributed by atoms with Crippen LogP contribution in [-0.2, 0) is 4.74 Å². The fraction of sp³-hybridized carbons (Fsp3) is 0.0667. The first-order valence-electron chi connectivity index (χ1n) is 5.82. The van der Waals surface area contributed by atoms with Gasteiger partial charge in [-0.3, -0.25) is 5.43 Å². The molecule has 4 nitrogen and oxygen atoms in total. The van der Waals surface area contributed by atoms with Crippen LogP contribution in [0.5, 0.6) is 0 Å². The fourth-order valence-corrected chi connectivity index (χ4v) is 1.52. The highest BCUT2D eigenvalue weighted by Crippen LogP contribution is 2.10. The van der Waals surface area contributed by atoms with Crippen molar-refractivity contribution < 1.29 is 9.53 Å². The maximum absolute atomic E-state index is 11.3. The van der Waals surface area contributed by atoms with E-state index in [4.69, 9.17) is 0 Å². The molecule has 96 valence electrons. The van der Waals surface area contributed by atoms with E-state index >= 15 is 0 Å². The molecular formula is C15H14N2O2. The van der Waals surface area contributed by atoms with E-state index < -0.39 is 0 Å². The van der Waals surface area contributed by atoms with E-state index in [-0.39, 0.29) is 5.97 Å². The molecule has 1 N–H and O–H groups in total. The average molecular weight is 254 g/mol. The van der Waals surface area contributed by atoms with Crippen LogP contribution in [0.1, 0.15) is 15.9 Å². The molecule has 0 bridgehead atoms. The summed E-state index contributed by atoms with van der Waals surface area (Å²) < 4.78 is 4.63. The molecule has 0 unspecified atom stereocenters.